The Balaban J connectivity index is 2.26. The van der Waals surface area contributed by atoms with Crippen molar-refractivity contribution in [3.05, 3.63) is 52.9 Å². The van der Waals surface area contributed by atoms with Gasteiger partial charge in [-0.15, -0.1) is 0 Å². The lowest BCUT2D eigenvalue weighted by Crippen LogP contribution is -2.01. The monoisotopic (exact) mass is 226 g/mol. The van der Waals surface area contributed by atoms with Gasteiger partial charge in [0.15, 0.2) is 0 Å². The van der Waals surface area contributed by atoms with Crippen LogP contribution in [0.25, 0.3) is 0 Å². The highest BCUT2D eigenvalue weighted by molar-refractivity contribution is 5.30. The maximum atomic E-state index is 9.26. The van der Waals surface area contributed by atoms with Crippen molar-refractivity contribution >= 4 is 0 Å². The van der Waals surface area contributed by atoms with E-state index in [1.54, 1.807) is 0 Å². The smallest absolute Gasteiger partial charge is 0.137 e. The molecule has 0 saturated heterocycles. The number of benzene rings is 1. The Morgan fingerprint density at radius 1 is 1.29 bits per heavy atom. The molecule has 0 saturated carbocycles. The van der Waals surface area contributed by atoms with Gasteiger partial charge in [-0.2, -0.15) is 5.26 Å². The molecule has 1 aromatic carbocycles. The molecule has 1 unspecified atom stereocenters. The second-order valence-corrected chi connectivity index (χ2v) is 4.10. The molecular formula is C14H14N2O. The zero-order valence-electron chi connectivity index (χ0n) is 9.97. The number of nitrogens with zero attached hydrogens (tertiary/aromatic N) is 2. The first kappa shape index (κ1) is 11.4. The van der Waals surface area contributed by atoms with Crippen molar-refractivity contribution in [3.8, 4) is 6.07 Å². The lowest BCUT2D eigenvalue weighted by atomic mass is 9.92. The third-order valence-corrected chi connectivity index (χ3v) is 2.95. The predicted molar refractivity (Wildman–Crippen MR) is 64.5 cm³/mol. The minimum atomic E-state index is -0.145. The summed E-state index contributed by atoms with van der Waals surface area (Å²) in [4.78, 5) is 0. The molecule has 0 radical (unpaired) electrons. The number of aryl methyl sites for hydroxylation is 2. The minimum Gasteiger partial charge on any atom is -0.361 e. The molecule has 17 heavy (non-hydrogen) atoms. The summed E-state index contributed by atoms with van der Waals surface area (Å²) < 4.78 is 5.12. The Labute approximate surface area is 101 Å². The summed E-state index contributed by atoms with van der Waals surface area (Å²) in [5, 5.41) is 13.2. The molecule has 0 N–H and O–H groups in total. The van der Waals surface area contributed by atoms with Crippen LogP contribution in [-0.2, 0) is 6.42 Å². The Morgan fingerprint density at radius 2 is 2.00 bits per heavy atom. The van der Waals surface area contributed by atoms with Crippen LogP contribution in [-0.4, -0.2) is 5.16 Å². The normalized spacial score (nSPS) is 12.1. The molecule has 2 aromatic rings. The van der Waals surface area contributed by atoms with Crippen molar-refractivity contribution in [2.75, 3.05) is 0 Å². The predicted octanol–water partition coefficient (Wildman–Crippen LogP) is 3.14. The van der Waals surface area contributed by atoms with Crippen molar-refractivity contribution in [3.63, 3.8) is 0 Å². The Kier molecular flexibility index (Phi) is 3.24. The Hall–Kier alpha value is -2.08. The van der Waals surface area contributed by atoms with Crippen LogP contribution >= 0.6 is 0 Å². The number of hydrogen-bond acceptors (Lipinski definition) is 3. The van der Waals surface area contributed by atoms with Crippen LogP contribution < -0.4 is 0 Å². The van der Waals surface area contributed by atoms with E-state index in [2.05, 4.69) is 11.2 Å². The summed E-state index contributed by atoms with van der Waals surface area (Å²) in [6.45, 7) is 3.79. The molecule has 0 aliphatic heterocycles. The van der Waals surface area contributed by atoms with Crippen molar-refractivity contribution in [1.29, 1.82) is 5.26 Å². The van der Waals surface area contributed by atoms with Gasteiger partial charge in [0.25, 0.3) is 0 Å². The number of hydrogen-bond donors (Lipinski definition) is 0. The maximum Gasteiger partial charge on any atom is 0.137 e. The van der Waals surface area contributed by atoms with Gasteiger partial charge in [0.1, 0.15) is 5.76 Å². The van der Waals surface area contributed by atoms with E-state index in [0.29, 0.717) is 6.42 Å². The zero-order valence-corrected chi connectivity index (χ0v) is 9.97. The molecule has 1 atom stereocenters. The van der Waals surface area contributed by atoms with Gasteiger partial charge in [-0.05, 0) is 25.8 Å². The molecule has 3 heteroatoms. The highest BCUT2D eigenvalue weighted by Crippen LogP contribution is 2.23. The van der Waals surface area contributed by atoms with Gasteiger partial charge >= 0.3 is 0 Å². The first-order chi connectivity index (χ1) is 8.22. The molecule has 3 nitrogen and oxygen atoms in total. The lowest BCUT2D eigenvalue weighted by molar-refractivity contribution is 0.392. The fraction of sp³-hybridized carbons (Fsp3) is 0.286. The summed E-state index contributed by atoms with van der Waals surface area (Å²) in [5.41, 5.74) is 2.95. The molecule has 1 aromatic heterocycles. The molecule has 0 aliphatic carbocycles. The van der Waals surface area contributed by atoms with Gasteiger partial charge in [-0.25, -0.2) is 0 Å². The third-order valence-electron chi connectivity index (χ3n) is 2.95. The van der Waals surface area contributed by atoms with Crippen LogP contribution in [0.5, 0.6) is 0 Å². The van der Waals surface area contributed by atoms with Crippen molar-refractivity contribution < 1.29 is 4.52 Å². The second-order valence-electron chi connectivity index (χ2n) is 4.10. The van der Waals surface area contributed by atoms with Crippen LogP contribution in [0.15, 0.2) is 34.9 Å². The first-order valence-electron chi connectivity index (χ1n) is 5.58. The average Bonchev–Trinajstić information content (AvgIpc) is 2.68. The van der Waals surface area contributed by atoms with E-state index in [9.17, 15) is 5.26 Å². The molecule has 0 bridgehead atoms. The molecule has 0 spiro atoms. The molecule has 0 fully saturated rings. The van der Waals surface area contributed by atoms with Crippen molar-refractivity contribution in [1.82, 2.24) is 5.16 Å². The van der Waals surface area contributed by atoms with Gasteiger partial charge < -0.3 is 4.52 Å². The molecule has 0 amide bonds. The van der Waals surface area contributed by atoms with E-state index < -0.39 is 0 Å². The SMILES string of the molecule is Cc1noc(C)c1CC(C#N)c1ccccc1. The van der Waals surface area contributed by atoms with Gasteiger partial charge in [0.2, 0.25) is 0 Å². The summed E-state index contributed by atoms with van der Waals surface area (Å²) in [7, 11) is 0. The summed E-state index contributed by atoms with van der Waals surface area (Å²) in [5.74, 6) is 0.659. The largest absolute Gasteiger partial charge is 0.361 e. The van der Waals surface area contributed by atoms with Crippen LogP contribution in [0.3, 0.4) is 0 Å². The fourth-order valence-corrected chi connectivity index (χ4v) is 1.92. The van der Waals surface area contributed by atoms with Gasteiger partial charge in [-0.1, -0.05) is 35.5 Å². The average molecular weight is 226 g/mol. The van der Waals surface area contributed by atoms with E-state index in [4.69, 9.17) is 4.52 Å². The van der Waals surface area contributed by atoms with Gasteiger partial charge in [0, 0.05) is 5.56 Å². The minimum absolute atomic E-state index is 0.145. The lowest BCUT2D eigenvalue weighted by Gasteiger charge is -2.08. The number of rotatable bonds is 3. The fourth-order valence-electron chi connectivity index (χ4n) is 1.92. The van der Waals surface area contributed by atoms with E-state index in [0.717, 1.165) is 22.6 Å². The topological polar surface area (TPSA) is 49.8 Å². The van der Waals surface area contributed by atoms with E-state index in [1.165, 1.54) is 0 Å². The van der Waals surface area contributed by atoms with Crippen LogP contribution in [0.1, 0.15) is 28.5 Å². The summed E-state index contributed by atoms with van der Waals surface area (Å²) in [6.07, 6.45) is 0.654. The summed E-state index contributed by atoms with van der Waals surface area (Å²) in [6, 6.07) is 12.2. The summed E-state index contributed by atoms with van der Waals surface area (Å²) >= 11 is 0. The third kappa shape index (κ3) is 2.36. The molecule has 2 rings (SSSR count). The Morgan fingerprint density at radius 3 is 2.53 bits per heavy atom. The van der Waals surface area contributed by atoms with Gasteiger partial charge in [-0.3, -0.25) is 0 Å². The molecule has 86 valence electrons. The van der Waals surface area contributed by atoms with E-state index in [-0.39, 0.29) is 5.92 Å². The highest BCUT2D eigenvalue weighted by Gasteiger charge is 2.17. The number of aromatic nitrogens is 1. The van der Waals surface area contributed by atoms with Gasteiger partial charge in [0.05, 0.1) is 17.7 Å². The quantitative estimate of drug-likeness (QED) is 0.807. The standard InChI is InChI=1S/C14H14N2O/c1-10-14(11(2)17-16-10)8-13(9-15)12-6-4-3-5-7-12/h3-7,13H,8H2,1-2H3. The second kappa shape index (κ2) is 4.84. The molecular weight excluding hydrogens is 212 g/mol. The van der Waals surface area contributed by atoms with Crippen LogP contribution in [0.2, 0.25) is 0 Å². The number of nitriles is 1. The van der Waals surface area contributed by atoms with Crippen LogP contribution in [0, 0.1) is 25.2 Å². The highest BCUT2D eigenvalue weighted by atomic mass is 16.5. The van der Waals surface area contributed by atoms with Crippen molar-refractivity contribution in [2.24, 2.45) is 0 Å². The van der Waals surface area contributed by atoms with Crippen molar-refractivity contribution in [2.45, 2.75) is 26.2 Å². The maximum absolute atomic E-state index is 9.26. The van der Waals surface area contributed by atoms with E-state index >= 15 is 0 Å². The van der Waals surface area contributed by atoms with E-state index in [1.807, 2.05) is 44.2 Å². The molecule has 0 aliphatic rings. The Bertz CT molecular complexity index is 518. The van der Waals surface area contributed by atoms with Crippen LogP contribution in [0.4, 0.5) is 0 Å². The molecule has 1 heterocycles. The first-order valence-corrected chi connectivity index (χ1v) is 5.58. The zero-order chi connectivity index (χ0) is 12.3.